The van der Waals surface area contributed by atoms with Crippen molar-refractivity contribution in [1.29, 1.82) is 0 Å². The number of hydrogen-bond donors (Lipinski definition) is 1. The maximum atomic E-state index is 13.7. The lowest BCUT2D eigenvalue weighted by atomic mass is 10.2. The predicted octanol–water partition coefficient (Wildman–Crippen LogP) is 3.94. The fourth-order valence-electron chi connectivity index (χ4n) is 2.59. The number of aryl methyl sites for hydroxylation is 1. The van der Waals surface area contributed by atoms with E-state index in [1.807, 2.05) is 0 Å². The van der Waals surface area contributed by atoms with Crippen LogP contribution in [-0.4, -0.2) is 38.3 Å². The minimum Gasteiger partial charge on any atom is -0.481 e. The highest BCUT2D eigenvalue weighted by Gasteiger charge is 2.24. The van der Waals surface area contributed by atoms with E-state index in [1.165, 1.54) is 22.5 Å². The van der Waals surface area contributed by atoms with E-state index in [2.05, 4.69) is 21.2 Å². The summed E-state index contributed by atoms with van der Waals surface area (Å²) in [4.78, 5) is 12.3. The Kier molecular flexibility index (Phi) is 7.56. The third kappa shape index (κ3) is 5.30. The van der Waals surface area contributed by atoms with Crippen LogP contribution in [0.4, 0.5) is 10.1 Å². The van der Waals surface area contributed by atoms with E-state index >= 15 is 0 Å². The molecule has 0 spiro atoms. The first-order valence-electron chi connectivity index (χ1n) is 8.67. The van der Waals surface area contributed by atoms with Crippen LogP contribution in [0.2, 0.25) is 0 Å². The number of amides is 1. The topological polar surface area (TPSA) is 75.7 Å². The molecule has 2 rings (SSSR count). The summed E-state index contributed by atoms with van der Waals surface area (Å²) in [6.07, 6.45) is 0. The number of sulfonamides is 1. The summed E-state index contributed by atoms with van der Waals surface area (Å²) < 4.78 is 46.4. The predicted molar refractivity (Wildman–Crippen MR) is 110 cm³/mol. The molecule has 1 amide bonds. The largest absolute Gasteiger partial charge is 0.481 e. The van der Waals surface area contributed by atoms with Crippen molar-refractivity contribution in [1.82, 2.24) is 4.31 Å². The molecule has 0 aromatic heterocycles. The van der Waals surface area contributed by atoms with Gasteiger partial charge in [-0.2, -0.15) is 4.31 Å². The molecule has 9 heteroatoms. The molecule has 0 saturated carbocycles. The normalized spacial score (nSPS) is 11.5. The fraction of sp³-hybridized carbons (Fsp3) is 0.316. The summed E-state index contributed by atoms with van der Waals surface area (Å²) in [6, 6.07) is 8.89. The Hall–Kier alpha value is -1.97. The molecule has 0 unspecified atom stereocenters. The van der Waals surface area contributed by atoms with Crippen LogP contribution in [0.5, 0.6) is 5.75 Å². The van der Waals surface area contributed by atoms with Crippen molar-refractivity contribution in [2.75, 3.05) is 25.0 Å². The van der Waals surface area contributed by atoms with Gasteiger partial charge in [0.25, 0.3) is 5.91 Å². The second-order valence-corrected chi connectivity index (χ2v) is 8.80. The van der Waals surface area contributed by atoms with Gasteiger partial charge in [-0.15, -0.1) is 0 Å². The fourth-order valence-corrected chi connectivity index (χ4v) is 4.63. The van der Waals surface area contributed by atoms with Crippen LogP contribution in [0.15, 0.2) is 45.8 Å². The van der Waals surface area contributed by atoms with Crippen molar-refractivity contribution < 1.29 is 22.3 Å². The monoisotopic (exact) mass is 472 g/mol. The van der Waals surface area contributed by atoms with Gasteiger partial charge in [0.15, 0.2) is 18.2 Å². The number of nitrogens with one attached hydrogen (secondary N) is 1. The Bertz CT molecular complexity index is 962. The molecule has 0 aliphatic rings. The van der Waals surface area contributed by atoms with E-state index in [-0.39, 0.29) is 10.6 Å². The van der Waals surface area contributed by atoms with Gasteiger partial charge >= 0.3 is 0 Å². The molecule has 2 aromatic carbocycles. The summed E-state index contributed by atoms with van der Waals surface area (Å²) in [7, 11) is -3.66. The average molecular weight is 473 g/mol. The summed E-state index contributed by atoms with van der Waals surface area (Å²) in [5.74, 6) is -1.17. The molecular formula is C19H22BrFN2O4S. The number of ether oxygens (including phenoxy) is 1. The lowest BCUT2D eigenvalue weighted by Gasteiger charge is -2.20. The van der Waals surface area contributed by atoms with Gasteiger partial charge in [0, 0.05) is 23.2 Å². The smallest absolute Gasteiger partial charge is 0.262 e. The third-order valence-electron chi connectivity index (χ3n) is 4.05. The molecule has 0 aliphatic heterocycles. The van der Waals surface area contributed by atoms with Gasteiger partial charge in [-0.05, 0) is 42.8 Å². The van der Waals surface area contributed by atoms with Crippen molar-refractivity contribution in [3.63, 3.8) is 0 Å². The van der Waals surface area contributed by atoms with Crippen LogP contribution in [-0.2, 0) is 14.8 Å². The van der Waals surface area contributed by atoms with Gasteiger partial charge in [0.1, 0.15) is 0 Å². The van der Waals surface area contributed by atoms with E-state index in [0.29, 0.717) is 28.8 Å². The van der Waals surface area contributed by atoms with Crippen LogP contribution < -0.4 is 10.1 Å². The van der Waals surface area contributed by atoms with Crippen molar-refractivity contribution in [3.05, 3.63) is 52.3 Å². The molecule has 0 fully saturated rings. The standard InChI is InChI=1S/C19H22BrFN2O4S/c1-4-23(5-2)28(25,26)18-11-15(8-6-13(18)3)22-19(24)12-27-17-9-7-14(20)10-16(17)21/h6-11H,4-5,12H2,1-3H3,(H,22,24). The number of carbonyl (C=O) groups excluding carboxylic acids is 1. The molecule has 0 radical (unpaired) electrons. The molecule has 1 N–H and O–H groups in total. The molecule has 152 valence electrons. The van der Waals surface area contributed by atoms with Crippen LogP contribution in [0.3, 0.4) is 0 Å². The van der Waals surface area contributed by atoms with Crippen LogP contribution in [0.25, 0.3) is 0 Å². The number of hydrogen-bond acceptors (Lipinski definition) is 4. The molecule has 0 atom stereocenters. The zero-order chi connectivity index (χ0) is 20.9. The lowest BCUT2D eigenvalue weighted by molar-refractivity contribution is -0.118. The van der Waals surface area contributed by atoms with E-state index in [0.717, 1.165) is 0 Å². The van der Waals surface area contributed by atoms with Crippen molar-refractivity contribution >= 4 is 37.5 Å². The van der Waals surface area contributed by atoms with E-state index < -0.39 is 28.4 Å². The highest BCUT2D eigenvalue weighted by Crippen LogP contribution is 2.24. The molecule has 28 heavy (non-hydrogen) atoms. The minimum absolute atomic E-state index is 0.0490. The van der Waals surface area contributed by atoms with Gasteiger partial charge in [-0.1, -0.05) is 35.8 Å². The van der Waals surface area contributed by atoms with Gasteiger partial charge in [-0.3, -0.25) is 4.79 Å². The van der Waals surface area contributed by atoms with Gasteiger partial charge in [0.05, 0.1) is 4.90 Å². The lowest BCUT2D eigenvalue weighted by Crippen LogP contribution is -2.31. The zero-order valence-electron chi connectivity index (χ0n) is 15.8. The number of benzene rings is 2. The number of halogens is 2. The van der Waals surface area contributed by atoms with Crippen molar-refractivity contribution in [2.24, 2.45) is 0 Å². The summed E-state index contributed by atoms with van der Waals surface area (Å²) >= 11 is 3.14. The number of nitrogens with zero attached hydrogens (tertiary/aromatic N) is 1. The highest BCUT2D eigenvalue weighted by molar-refractivity contribution is 9.10. The number of rotatable bonds is 8. The van der Waals surface area contributed by atoms with Crippen LogP contribution >= 0.6 is 15.9 Å². The Morgan fingerprint density at radius 1 is 1.18 bits per heavy atom. The van der Waals surface area contributed by atoms with Crippen LogP contribution in [0.1, 0.15) is 19.4 Å². The molecule has 0 aliphatic carbocycles. The number of anilines is 1. The molecule has 0 saturated heterocycles. The second kappa shape index (κ2) is 9.49. The van der Waals surface area contributed by atoms with E-state index in [1.54, 1.807) is 39.0 Å². The highest BCUT2D eigenvalue weighted by atomic mass is 79.9. The quantitative estimate of drug-likeness (QED) is 0.630. The first-order chi connectivity index (χ1) is 13.2. The van der Waals surface area contributed by atoms with Crippen molar-refractivity contribution in [3.8, 4) is 5.75 Å². The van der Waals surface area contributed by atoms with E-state index in [9.17, 15) is 17.6 Å². The third-order valence-corrected chi connectivity index (χ3v) is 6.73. The Labute approximate surface area is 172 Å². The molecule has 0 bridgehead atoms. The molecule has 0 heterocycles. The second-order valence-electron chi connectivity index (χ2n) is 5.98. The van der Waals surface area contributed by atoms with Gasteiger partial charge < -0.3 is 10.1 Å². The summed E-state index contributed by atoms with van der Waals surface area (Å²) in [5.41, 5.74) is 0.902. The Balaban J connectivity index is 2.13. The first-order valence-corrected chi connectivity index (χ1v) is 10.9. The Morgan fingerprint density at radius 3 is 2.46 bits per heavy atom. The SMILES string of the molecule is CCN(CC)S(=O)(=O)c1cc(NC(=O)COc2ccc(Br)cc2F)ccc1C. The first kappa shape index (κ1) is 22.3. The van der Waals surface area contributed by atoms with Gasteiger partial charge in [0.2, 0.25) is 10.0 Å². The zero-order valence-corrected chi connectivity index (χ0v) is 18.2. The molecule has 2 aromatic rings. The van der Waals surface area contributed by atoms with Gasteiger partial charge in [-0.25, -0.2) is 12.8 Å². The summed E-state index contributed by atoms with van der Waals surface area (Å²) in [5, 5.41) is 2.58. The Morgan fingerprint density at radius 2 is 1.86 bits per heavy atom. The average Bonchev–Trinajstić information content (AvgIpc) is 2.63. The minimum atomic E-state index is -3.66. The molecular weight excluding hydrogens is 451 g/mol. The maximum absolute atomic E-state index is 13.7. The summed E-state index contributed by atoms with van der Waals surface area (Å²) in [6.45, 7) is 5.51. The van der Waals surface area contributed by atoms with Crippen molar-refractivity contribution in [2.45, 2.75) is 25.7 Å². The maximum Gasteiger partial charge on any atom is 0.262 e. The molecule has 6 nitrogen and oxygen atoms in total. The number of carbonyl (C=O) groups is 1. The van der Waals surface area contributed by atoms with E-state index in [4.69, 9.17) is 4.74 Å². The van der Waals surface area contributed by atoms with Crippen LogP contribution in [0, 0.1) is 12.7 Å².